The third-order valence-corrected chi connectivity index (χ3v) is 2.33. The second kappa shape index (κ2) is 7.19. The van der Waals surface area contributed by atoms with E-state index in [9.17, 15) is 14.4 Å². The van der Waals surface area contributed by atoms with Crippen molar-refractivity contribution in [1.82, 2.24) is 10.3 Å². The van der Waals surface area contributed by atoms with Crippen LogP contribution in [0.15, 0.2) is 12.1 Å². The van der Waals surface area contributed by atoms with Crippen molar-refractivity contribution in [1.29, 1.82) is 0 Å². The average Bonchev–Trinajstić information content (AvgIpc) is 2.37. The van der Waals surface area contributed by atoms with Gasteiger partial charge in [0.25, 0.3) is 5.91 Å². The maximum Gasteiger partial charge on any atom is 0.337 e. The maximum absolute atomic E-state index is 11.7. The molecule has 8 heteroatoms. The van der Waals surface area contributed by atoms with E-state index in [1.54, 1.807) is 0 Å². The minimum absolute atomic E-state index is 0.0475. The lowest BCUT2D eigenvalue weighted by atomic mass is 10.2. The monoisotopic (exact) mass is 281 g/mol. The second-order valence-electron chi connectivity index (χ2n) is 3.91. The molecule has 8 nitrogen and oxygen atoms in total. The molecule has 0 aliphatic heterocycles. The van der Waals surface area contributed by atoms with Gasteiger partial charge in [-0.15, -0.1) is 0 Å². The molecule has 0 radical (unpaired) electrons. The first-order valence-corrected chi connectivity index (χ1v) is 5.77. The average molecular weight is 281 g/mol. The summed E-state index contributed by atoms with van der Waals surface area (Å²) in [4.78, 5) is 36.8. The van der Waals surface area contributed by atoms with Crippen LogP contribution in [0.25, 0.3) is 0 Å². The molecule has 1 aromatic rings. The molecule has 0 saturated heterocycles. The van der Waals surface area contributed by atoms with Crippen LogP contribution >= 0.6 is 0 Å². The number of carbonyl (C=O) groups excluding carboxylic acids is 2. The molecule has 0 saturated carbocycles. The SMILES string of the molecule is Cc1nc(C(=O)NCCOCC(N)=O)ccc1C(=O)O. The number of amides is 2. The van der Waals surface area contributed by atoms with Crippen LogP contribution in [0.2, 0.25) is 0 Å². The van der Waals surface area contributed by atoms with E-state index in [1.165, 1.54) is 19.1 Å². The summed E-state index contributed by atoms with van der Waals surface area (Å²) in [5.41, 5.74) is 5.29. The predicted octanol–water partition coefficient (Wildman–Crippen LogP) is -0.680. The van der Waals surface area contributed by atoms with E-state index in [-0.39, 0.29) is 36.7 Å². The summed E-state index contributed by atoms with van der Waals surface area (Å²) >= 11 is 0. The van der Waals surface area contributed by atoms with Crippen molar-refractivity contribution in [3.63, 3.8) is 0 Å². The Labute approximate surface area is 114 Å². The summed E-state index contributed by atoms with van der Waals surface area (Å²) < 4.78 is 4.87. The highest BCUT2D eigenvalue weighted by Crippen LogP contribution is 2.06. The summed E-state index contributed by atoms with van der Waals surface area (Å²) in [6, 6.07) is 2.65. The molecule has 0 atom stereocenters. The first-order valence-electron chi connectivity index (χ1n) is 5.77. The zero-order valence-corrected chi connectivity index (χ0v) is 10.9. The van der Waals surface area contributed by atoms with Crippen molar-refractivity contribution in [3.05, 3.63) is 29.1 Å². The van der Waals surface area contributed by atoms with E-state index in [0.717, 1.165) is 0 Å². The van der Waals surface area contributed by atoms with Crippen molar-refractivity contribution in [2.75, 3.05) is 19.8 Å². The summed E-state index contributed by atoms with van der Waals surface area (Å²) in [5, 5.41) is 11.4. The number of carbonyl (C=O) groups is 3. The number of nitrogens with zero attached hydrogens (tertiary/aromatic N) is 1. The second-order valence-corrected chi connectivity index (χ2v) is 3.91. The van der Waals surface area contributed by atoms with Crippen molar-refractivity contribution < 1.29 is 24.2 Å². The Hall–Kier alpha value is -2.48. The topological polar surface area (TPSA) is 132 Å². The van der Waals surface area contributed by atoms with Crippen LogP contribution in [0.4, 0.5) is 0 Å². The fraction of sp³-hybridized carbons (Fsp3) is 0.333. The van der Waals surface area contributed by atoms with Gasteiger partial charge in [-0.05, 0) is 19.1 Å². The molecule has 1 rings (SSSR count). The number of carboxylic acid groups (broad SMARTS) is 1. The zero-order valence-electron chi connectivity index (χ0n) is 10.9. The Kier molecular flexibility index (Phi) is 5.60. The van der Waals surface area contributed by atoms with Gasteiger partial charge in [-0.25, -0.2) is 9.78 Å². The molecule has 0 aliphatic carbocycles. The summed E-state index contributed by atoms with van der Waals surface area (Å²) in [7, 11) is 0. The number of aromatic carboxylic acids is 1. The van der Waals surface area contributed by atoms with Gasteiger partial charge in [0.2, 0.25) is 5.91 Å². The molecule has 0 bridgehead atoms. The van der Waals surface area contributed by atoms with Crippen molar-refractivity contribution in [3.8, 4) is 0 Å². The van der Waals surface area contributed by atoms with Crippen LogP contribution in [0.5, 0.6) is 0 Å². The normalized spacial score (nSPS) is 10.1. The first-order chi connectivity index (χ1) is 9.41. The van der Waals surface area contributed by atoms with E-state index in [4.69, 9.17) is 15.6 Å². The number of ether oxygens (including phenoxy) is 1. The fourth-order valence-electron chi connectivity index (χ4n) is 1.41. The van der Waals surface area contributed by atoms with Gasteiger partial charge in [0, 0.05) is 6.54 Å². The molecule has 1 heterocycles. The summed E-state index contributed by atoms with van der Waals surface area (Å²) in [6.07, 6.45) is 0. The lowest BCUT2D eigenvalue weighted by Crippen LogP contribution is -2.29. The van der Waals surface area contributed by atoms with Gasteiger partial charge >= 0.3 is 5.97 Å². The van der Waals surface area contributed by atoms with E-state index in [1.807, 2.05) is 0 Å². The summed E-state index contributed by atoms with van der Waals surface area (Å²) in [6.45, 7) is 1.63. The molecular weight excluding hydrogens is 266 g/mol. The molecule has 0 fully saturated rings. The Morgan fingerprint density at radius 3 is 2.65 bits per heavy atom. The number of hydrogen-bond acceptors (Lipinski definition) is 5. The first kappa shape index (κ1) is 15.6. The Balaban J connectivity index is 2.50. The van der Waals surface area contributed by atoms with E-state index < -0.39 is 17.8 Å². The highest BCUT2D eigenvalue weighted by atomic mass is 16.5. The number of rotatable bonds is 7. The van der Waals surface area contributed by atoms with E-state index in [2.05, 4.69) is 10.3 Å². The molecule has 20 heavy (non-hydrogen) atoms. The van der Waals surface area contributed by atoms with Crippen LogP contribution in [-0.4, -0.2) is 47.6 Å². The van der Waals surface area contributed by atoms with Gasteiger partial charge in [0.05, 0.1) is 17.9 Å². The van der Waals surface area contributed by atoms with Gasteiger partial charge in [-0.1, -0.05) is 0 Å². The number of pyridine rings is 1. The quantitative estimate of drug-likeness (QED) is 0.567. The van der Waals surface area contributed by atoms with Gasteiger partial charge in [0.1, 0.15) is 12.3 Å². The van der Waals surface area contributed by atoms with Crippen LogP contribution in [0.1, 0.15) is 26.5 Å². The van der Waals surface area contributed by atoms with Crippen molar-refractivity contribution >= 4 is 17.8 Å². The number of nitrogens with one attached hydrogen (secondary N) is 1. The van der Waals surface area contributed by atoms with Gasteiger partial charge < -0.3 is 20.9 Å². The largest absolute Gasteiger partial charge is 0.478 e. The van der Waals surface area contributed by atoms with Crippen LogP contribution in [0.3, 0.4) is 0 Å². The number of aromatic nitrogens is 1. The number of primary amides is 1. The third kappa shape index (κ3) is 4.65. The Morgan fingerprint density at radius 1 is 1.40 bits per heavy atom. The number of nitrogens with two attached hydrogens (primary N) is 1. The lowest BCUT2D eigenvalue weighted by molar-refractivity contribution is -0.122. The van der Waals surface area contributed by atoms with Crippen molar-refractivity contribution in [2.45, 2.75) is 6.92 Å². The number of hydrogen-bond donors (Lipinski definition) is 3. The third-order valence-electron chi connectivity index (χ3n) is 2.33. The lowest BCUT2D eigenvalue weighted by Gasteiger charge is -2.06. The highest BCUT2D eigenvalue weighted by molar-refractivity contribution is 5.94. The zero-order chi connectivity index (χ0) is 15.1. The predicted molar refractivity (Wildman–Crippen MR) is 68.3 cm³/mol. The van der Waals surface area contributed by atoms with Crippen LogP contribution in [0, 0.1) is 6.92 Å². The molecule has 0 aromatic carbocycles. The Bertz CT molecular complexity index is 530. The van der Waals surface area contributed by atoms with Gasteiger partial charge in [-0.2, -0.15) is 0 Å². The van der Waals surface area contributed by atoms with Crippen molar-refractivity contribution in [2.24, 2.45) is 5.73 Å². The van der Waals surface area contributed by atoms with Crippen LogP contribution < -0.4 is 11.1 Å². The standard InChI is InChI=1S/C12H15N3O5/c1-7-8(12(18)19)2-3-9(15-7)11(17)14-4-5-20-6-10(13)16/h2-3H,4-6H2,1H3,(H2,13,16)(H,14,17)(H,18,19). The summed E-state index contributed by atoms with van der Waals surface area (Å²) in [5.74, 6) is -2.13. The van der Waals surface area contributed by atoms with E-state index in [0.29, 0.717) is 0 Å². The minimum atomic E-state index is -1.10. The molecule has 4 N–H and O–H groups in total. The highest BCUT2D eigenvalue weighted by Gasteiger charge is 2.12. The van der Waals surface area contributed by atoms with Gasteiger partial charge in [0.15, 0.2) is 0 Å². The molecule has 1 aromatic heterocycles. The fourth-order valence-corrected chi connectivity index (χ4v) is 1.41. The molecular formula is C12H15N3O5. The van der Waals surface area contributed by atoms with Gasteiger partial charge in [-0.3, -0.25) is 9.59 Å². The smallest absolute Gasteiger partial charge is 0.337 e. The molecule has 0 aliphatic rings. The van der Waals surface area contributed by atoms with E-state index >= 15 is 0 Å². The molecule has 2 amide bonds. The number of carboxylic acids is 1. The minimum Gasteiger partial charge on any atom is -0.478 e. The maximum atomic E-state index is 11.7. The molecule has 0 spiro atoms. The van der Waals surface area contributed by atoms with Crippen LogP contribution in [-0.2, 0) is 9.53 Å². The Morgan fingerprint density at radius 2 is 2.10 bits per heavy atom. The number of aryl methyl sites for hydroxylation is 1. The molecule has 108 valence electrons. The molecule has 0 unspecified atom stereocenters.